The maximum absolute atomic E-state index is 17.6. The van der Waals surface area contributed by atoms with E-state index in [-0.39, 0.29) is 31.5 Å². The van der Waals surface area contributed by atoms with E-state index in [9.17, 15) is 29.4 Å². The number of ketones is 2. The van der Waals surface area contributed by atoms with Gasteiger partial charge in [-0.1, -0.05) is 70.9 Å². The van der Waals surface area contributed by atoms with Gasteiger partial charge < -0.3 is 19.7 Å². The number of unbranched alkanes of at least 4 members (excludes halogenated alkanes) is 6. The van der Waals surface area contributed by atoms with Crippen molar-refractivity contribution < 1.29 is 43.3 Å². The van der Waals surface area contributed by atoms with Gasteiger partial charge in [0, 0.05) is 29.6 Å². The summed E-state index contributed by atoms with van der Waals surface area (Å²) in [5.41, 5.74) is -6.24. The van der Waals surface area contributed by atoms with Crippen LogP contribution < -0.4 is 0 Å². The number of alkyl halides is 1. The van der Waals surface area contributed by atoms with Crippen molar-refractivity contribution in [3.8, 4) is 0 Å². The molecule has 0 spiro atoms. The molecule has 0 aromatic rings. The van der Waals surface area contributed by atoms with E-state index in [2.05, 4.69) is 13.8 Å². The number of fused-ring (bicyclic) bond motifs is 5. The van der Waals surface area contributed by atoms with Gasteiger partial charge in [0.15, 0.2) is 18.1 Å². The number of carbonyl (C=O) groups excluding carboxylic acids is 4. The van der Waals surface area contributed by atoms with E-state index in [1.807, 2.05) is 0 Å². The second kappa shape index (κ2) is 13.5. The summed E-state index contributed by atoms with van der Waals surface area (Å²) in [7, 11) is 0. The number of aliphatic hydroxyl groups is 2. The molecule has 3 fully saturated rings. The summed E-state index contributed by atoms with van der Waals surface area (Å²) < 4.78 is 29.0. The number of rotatable bonds is 14. The van der Waals surface area contributed by atoms with Crippen LogP contribution in [-0.4, -0.2) is 63.8 Å². The van der Waals surface area contributed by atoms with E-state index in [4.69, 9.17) is 9.47 Å². The molecular formula is C35H51FO8. The van der Waals surface area contributed by atoms with Crippen LogP contribution in [0.25, 0.3) is 0 Å². The molecule has 2 N–H and O–H groups in total. The summed E-state index contributed by atoms with van der Waals surface area (Å²) in [6.07, 6.45) is 8.67. The maximum atomic E-state index is 17.6. The largest absolute Gasteiger partial charge is 0.457 e. The molecule has 4 aliphatic carbocycles. The Labute approximate surface area is 260 Å². The molecule has 8 unspecified atom stereocenters. The number of halogens is 1. The zero-order valence-corrected chi connectivity index (χ0v) is 26.9. The number of ether oxygens (including phenoxy) is 2. The van der Waals surface area contributed by atoms with E-state index in [1.165, 1.54) is 12.2 Å². The second-order valence-electron chi connectivity index (χ2n) is 13.9. The molecule has 0 aromatic carbocycles. The summed E-state index contributed by atoms with van der Waals surface area (Å²) in [6, 6.07) is 0. The van der Waals surface area contributed by atoms with Gasteiger partial charge in [0.05, 0.1) is 6.10 Å². The molecule has 0 aromatic heterocycles. The molecule has 44 heavy (non-hydrogen) atoms. The highest BCUT2D eigenvalue weighted by atomic mass is 19.1. The minimum atomic E-state index is -2.17. The molecule has 246 valence electrons. The van der Waals surface area contributed by atoms with Crippen molar-refractivity contribution in [3.05, 3.63) is 23.8 Å². The highest BCUT2D eigenvalue weighted by Gasteiger charge is 2.78. The summed E-state index contributed by atoms with van der Waals surface area (Å²) in [6.45, 7) is 6.82. The summed E-state index contributed by atoms with van der Waals surface area (Å²) >= 11 is 0. The third kappa shape index (κ3) is 5.72. The Bertz CT molecular complexity index is 1180. The average molecular weight is 619 g/mol. The number of carbonyl (C=O) groups is 4. The number of hydrogen-bond acceptors (Lipinski definition) is 8. The van der Waals surface area contributed by atoms with Crippen LogP contribution in [0.1, 0.15) is 118 Å². The monoisotopic (exact) mass is 618 g/mol. The van der Waals surface area contributed by atoms with Gasteiger partial charge in [0.2, 0.25) is 11.4 Å². The molecule has 9 heteroatoms. The van der Waals surface area contributed by atoms with Crippen LogP contribution >= 0.6 is 0 Å². The van der Waals surface area contributed by atoms with Crippen molar-refractivity contribution in [2.24, 2.45) is 22.7 Å². The van der Waals surface area contributed by atoms with Crippen LogP contribution in [0.5, 0.6) is 0 Å². The first-order valence-corrected chi connectivity index (χ1v) is 16.7. The van der Waals surface area contributed by atoms with E-state index in [0.29, 0.717) is 31.3 Å². The fourth-order valence-electron chi connectivity index (χ4n) is 8.90. The molecular weight excluding hydrogens is 567 g/mol. The molecule has 0 aliphatic heterocycles. The number of allylic oxidation sites excluding steroid dienone is 4. The molecule has 8 atom stereocenters. The standard InChI is InChI=1S/C35H51FO8/c1-5-7-9-11-13-30(41)43-22-29(40)35(44-31(42)14-12-10-8-6-2)27(38)20-26-25-16-15-23-19-24(37)17-18-32(23,3)34(25,36)28(39)21-33(26,35)4/h17-19,25-28,38-39H,5-16,20-22H2,1-4H3. The Balaban J connectivity index is 1.66. The lowest BCUT2D eigenvalue weighted by Crippen LogP contribution is -2.70. The molecule has 4 rings (SSSR count). The van der Waals surface area contributed by atoms with Crippen molar-refractivity contribution in [1.29, 1.82) is 0 Å². The van der Waals surface area contributed by atoms with Gasteiger partial charge in [0.1, 0.15) is 6.10 Å². The lowest BCUT2D eigenvalue weighted by atomic mass is 9.44. The zero-order chi connectivity index (χ0) is 32.3. The van der Waals surface area contributed by atoms with Crippen molar-refractivity contribution in [2.75, 3.05) is 6.61 Å². The van der Waals surface area contributed by atoms with E-state index >= 15 is 4.39 Å². The Morgan fingerprint density at radius 1 is 0.932 bits per heavy atom. The van der Waals surface area contributed by atoms with Crippen LogP contribution in [-0.2, 0) is 28.7 Å². The van der Waals surface area contributed by atoms with Crippen LogP contribution in [0.15, 0.2) is 23.8 Å². The molecule has 4 aliphatic rings. The van der Waals surface area contributed by atoms with Crippen LogP contribution in [0.2, 0.25) is 0 Å². The Kier molecular flexibility index (Phi) is 10.6. The molecule has 0 amide bonds. The normalized spacial score (nSPS) is 37.4. The summed E-state index contributed by atoms with van der Waals surface area (Å²) in [5.74, 6) is -3.58. The first kappa shape index (κ1) is 34.5. The SMILES string of the molecule is CCCCCCC(=O)OCC(=O)C1(OC(=O)CCCCCC)C(O)CC2C3CCC4=CC(=O)C=CC4(C)C3(F)C(O)CC21C. The molecule has 8 nitrogen and oxygen atoms in total. The van der Waals surface area contributed by atoms with Gasteiger partial charge in [-0.25, -0.2) is 4.39 Å². The highest BCUT2D eigenvalue weighted by molar-refractivity contribution is 6.01. The van der Waals surface area contributed by atoms with E-state index in [1.54, 1.807) is 19.9 Å². The number of hydrogen-bond donors (Lipinski definition) is 2. The lowest BCUT2D eigenvalue weighted by Gasteiger charge is -2.62. The highest BCUT2D eigenvalue weighted by Crippen LogP contribution is 2.70. The predicted octanol–water partition coefficient (Wildman–Crippen LogP) is 5.66. The van der Waals surface area contributed by atoms with Gasteiger partial charge in [0.25, 0.3) is 0 Å². The average Bonchev–Trinajstić information content (AvgIpc) is 3.19. The van der Waals surface area contributed by atoms with Gasteiger partial charge in [-0.3, -0.25) is 19.2 Å². The van der Waals surface area contributed by atoms with Crippen molar-refractivity contribution in [3.63, 3.8) is 0 Å². The van der Waals surface area contributed by atoms with Crippen molar-refractivity contribution in [2.45, 2.75) is 141 Å². The van der Waals surface area contributed by atoms with Crippen molar-refractivity contribution in [1.82, 2.24) is 0 Å². The Morgan fingerprint density at radius 3 is 2.20 bits per heavy atom. The summed E-state index contributed by atoms with van der Waals surface area (Å²) in [5, 5.41) is 23.4. The van der Waals surface area contributed by atoms with Gasteiger partial charge >= 0.3 is 11.9 Å². The Morgan fingerprint density at radius 2 is 1.57 bits per heavy atom. The fraction of sp³-hybridized carbons (Fsp3) is 0.771. The lowest BCUT2D eigenvalue weighted by molar-refractivity contribution is -0.232. The minimum Gasteiger partial charge on any atom is -0.457 e. The topological polar surface area (TPSA) is 127 Å². The van der Waals surface area contributed by atoms with E-state index in [0.717, 1.165) is 38.5 Å². The predicted molar refractivity (Wildman–Crippen MR) is 162 cm³/mol. The van der Waals surface area contributed by atoms with Crippen LogP contribution in [0, 0.1) is 22.7 Å². The smallest absolute Gasteiger partial charge is 0.306 e. The maximum Gasteiger partial charge on any atom is 0.306 e. The van der Waals surface area contributed by atoms with Crippen LogP contribution in [0.4, 0.5) is 4.39 Å². The molecule has 0 heterocycles. The van der Waals surface area contributed by atoms with E-state index < -0.39 is 70.5 Å². The molecule has 0 bridgehead atoms. The first-order valence-electron chi connectivity index (χ1n) is 16.7. The quantitative estimate of drug-likeness (QED) is 0.189. The van der Waals surface area contributed by atoms with Crippen molar-refractivity contribution >= 4 is 23.5 Å². The molecule has 0 saturated heterocycles. The summed E-state index contributed by atoms with van der Waals surface area (Å²) in [4.78, 5) is 52.1. The third-order valence-corrected chi connectivity index (χ3v) is 11.3. The fourth-order valence-corrected chi connectivity index (χ4v) is 8.90. The number of Topliss-reactive ketones (excluding diaryl/α,β-unsaturated/α-hetero) is 1. The van der Waals surface area contributed by atoms with Gasteiger partial charge in [-0.15, -0.1) is 0 Å². The first-order chi connectivity index (χ1) is 20.8. The Hall–Kier alpha value is -2.39. The zero-order valence-electron chi connectivity index (χ0n) is 26.9. The molecule has 3 saturated carbocycles. The minimum absolute atomic E-state index is 0.0167. The second-order valence-corrected chi connectivity index (χ2v) is 13.9. The number of esters is 2. The van der Waals surface area contributed by atoms with Crippen LogP contribution in [0.3, 0.4) is 0 Å². The van der Waals surface area contributed by atoms with Gasteiger partial charge in [-0.05, 0) is 63.5 Å². The third-order valence-electron chi connectivity index (χ3n) is 11.3. The van der Waals surface area contributed by atoms with Gasteiger partial charge in [-0.2, -0.15) is 0 Å². The number of aliphatic hydroxyl groups excluding tert-OH is 2. The molecule has 0 radical (unpaired) electrons.